The van der Waals surface area contributed by atoms with Gasteiger partial charge in [0.05, 0.1) is 12.5 Å². The number of hydrogen-bond acceptors (Lipinski definition) is 3. The molecule has 0 aliphatic rings. The van der Waals surface area contributed by atoms with E-state index in [2.05, 4.69) is 5.32 Å². The molecule has 100 valence electrons. The lowest BCUT2D eigenvalue weighted by molar-refractivity contribution is -0.150. The lowest BCUT2D eigenvalue weighted by Gasteiger charge is -2.21. The second-order valence-corrected chi connectivity index (χ2v) is 5.06. The molecule has 0 heterocycles. The van der Waals surface area contributed by atoms with E-state index < -0.39 is 5.41 Å². The van der Waals surface area contributed by atoms with Gasteiger partial charge < -0.3 is 10.1 Å². The van der Waals surface area contributed by atoms with E-state index in [9.17, 15) is 9.18 Å². The van der Waals surface area contributed by atoms with E-state index in [1.165, 1.54) is 13.2 Å². The SMILES string of the molecule is COC(=O)C(C)(C)CNCc1ccc(F)c(C)c1. The summed E-state index contributed by atoms with van der Waals surface area (Å²) < 4.78 is 17.8. The van der Waals surface area contributed by atoms with Gasteiger partial charge in [0.25, 0.3) is 0 Å². The molecule has 0 aliphatic carbocycles. The number of benzene rings is 1. The number of esters is 1. The maximum Gasteiger partial charge on any atom is 0.312 e. The van der Waals surface area contributed by atoms with Crippen molar-refractivity contribution in [2.24, 2.45) is 5.41 Å². The van der Waals surface area contributed by atoms with Gasteiger partial charge in [-0.1, -0.05) is 12.1 Å². The molecule has 1 N–H and O–H groups in total. The summed E-state index contributed by atoms with van der Waals surface area (Å²) in [7, 11) is 1.38. The summed E-state index contributed by atoms with van der Waals surface area (Å²) in [6.45, 7) is 6.48. The summed E-state index contributed by atoms with van der Waals surface area (Å²) in [6.07, 6.45) is 0. The topological polar surface area (TPSA) is 38.3 Å². The monoisotopic (exact) mass is 253 g/mol. The van der Waals surface area contributed by atoms with Gasteiger partial charge in [-0.3, -0.25) is 4.79 Å². The average Bonchev–Trinajstić information content (AvgIpc) is 2.32. The number of carbonyl (C=O) groups is 1. The molecule has 4 heteroatoms. The van der Waals surface area contributed by atoms with Crippen molar-refractivity contribution in [3.63, 3.8) is 0 Å². The molecule has 0 fully saturated rings. The first-order valence-electron chi connectivity index (χ1n) is 5.91. The quantitative estimate of drug-likeness (QED) is 0.819. The molecule has 0 saturated carbocycles. The molecule has 0 atom stereocenters. The summed E-state index contributed by atoms with van der Waals surface area (Å²) in [5.41, 5.74) is 1.06. The molecule has 0 saturated heterocycles. The summed E-state index contributed by atoms with van der Waals surface area (Å²) in [5, 5.41) is 3.18. The van der Waals surface area contributed by atoms with Crippen LogP contribution in [-0.4, -0.2) is 19.6 Å². The molecule has 0 unspecified atom stereocenters. The molecule has 0 aromatic heterocycles. The van der Waals surface area contributed by atoms with Gasteiger partial charge in [0.15, 0.2) is 0 Å². The van der Waals surface area contributed by atoms with Gasteiger partial charge in [0.1, 0.15) is 5.82 Å². The van der Waals surface area contributed by atoms with Crippen LogP contribution in [0.15, 0.2) is 18.2 Å². The third-order valence-corrected chi connectivity index (χ3v) is 2.86. The zero-order valence-corrected chi connectivity index (χ0v) is 11.3. The third kappa shape index (κ3) is 3.81. The Labute approximate surface area is 107 Å². The Hall–Kier alpha value is -1.42. The predicted molar refractivity (Wildman–Crippen MR) is 68.6 cm³/mol. The maximum absolute atomic E-state index is 13.1. The highest BCUT2D eigenvalue weighted by molar-refractivity contribution is 5.76. The second-order valence-electron chi connectivity index (χ2n) is 5.06. The van der Waals surface area contributed by atoms with Crippen LogP contribution in [-0.2, 0) is 16.1 Å². The molecular weight excluding hydrogens is 233 g/mol. The predicted octanol–water partition coefficient (Wildman–Crippen LogP) is 2.42. The molecule has 0 bridgehead atoms. The van der Waals surface area contributed by atoms with Gasteiger partial charge in [-0.2, -0.15) is 0 Å². The highest BCUT2D eigenvalue weighted by Crippen LogP contribution is 2.16. The van der Waals surface area contributed by atoms with E-state index in [1.807, 2.05) is 13.8 Å². The van der Waals surface area contributed by atoms with Crippen molar-refractivity contribution in [1.82, 2.24) is 5.32 Å². The number of aryl methyl sites for hydroxylation is 1. The maximum atomic E-state index is 13.1. The molecule has 1 aromatic rings. The molecule has 18 heavy (non-hydrogen) atoms. The van der Waals surface area contributed by atoms with Crippen LogP contribution in [0.3, 0.4) is 0 Å². The summed E-state index contributed by atoms with van der Waals surface area (Å²) in [6, 6.07) is 4.99. The van der Waals surface area contributed by atoms with Crippen molar-refractivity contribution >= 4 is 5.97 Å². The second kappa shape index (κ2) is 5.96. The molecule has 1 aromatic carbocycles. The number of nitrogens with one attached hydrogen (secondary N) is 1. The number of rotatable bonds is 5. The normalized spacial score (nSPS) is 11.4. The highest BCUT2D eigenvalue weighted by Gasteiger charge is 2.27. The zero-order valence-electron chi connectivity index (χ0n) is 11.3. The molecule has 0 aliphatic heterocycles. The van der Waals surface area contributed by atoms with Crippen molar-refractivity contribution in [3.05, 3.63) is 35.1 Å². The lowest BCUT2D eigenvalue weighted by atomic mass is 9.93. The molecule has 3 nitrogen and oxygen atoms in total. The fraction of sp³-hybridized carbons (Fsp3) is 0.500. The van der Waals surface area contributed by atoms with Crippen molar-refractivity contribution in [2.75, 3.05) is 13.7 Å². The summed E-state index contributed by atoms with van der Waals surface area (Å²) >= 11 is 0. The van der Waals surface area contributed by atoms with Crippen LogP contribution in [0.25, 0.3) is 0 Å². The van der Waals surface area contributed by atoms with Gasteiger partial charge in [-0.05, 0) is 38.0 Å². The van der Waals surface area contributed by atoms with E-state index >= 15 is 0 Å². The molecule has 0 amide bonds. The van der Waals surface area contributed by atoms with Crippen molar-refractivity contribution in [3.8, 4) is 0 Å². The van der Waals surface area contributed by atoms with Crippen molar-refractivity contribution in [2.45, 2.75) is 27.3 Å². The minimum atomic E-state index is -0.566. The highest BCUT2D eigenvalue weighted by atomic mass is 19.1. The zero-order chi connectivity index (χ0) is 13.8. The number of halogens is 1. The number of ether oxygens (including phenoxy) is 1. The van der Waals surface area contributed by atoms with E-state index in [-0.39, 0.29) is 11.8 Å². The van der Waals surface area contributed by atoms with Crippen LogP contribution in [0.2, 0.25) is 0 Å². The van der Waals surface area contributed by atoms with Gasteiger partial charge >= 0.3 is 5.97 Å². The Kier molecular flexibility index (Phi) is 4.84. The van der Waals surface area contributed by atoms with E-state index in [0.29, 0.717) is 18.7 Å². The molecule has 0 radical (unpaired) electrons. The van der Waals surface area contributed by atoms with Crippen LogP contribution >= 0.6 is 0 Å². The average molecular weight is 253 g/mol. The Morgan fingerprint density at radius 2 is 2.11 bits per heavy atom. The van der Waals surface area contributed by atoms with E-state index in [1.54, 1.807) is 19.1 Å². The van der Waals surface area contributed by atoms with Crippen LogP contribution in [0.1, 0.15) is 25.0 Å². The molecular formula is C14H20FNO2. The van der Waals surface area contributed by atoms with Crippen LogP contribution in [0.5, 0.6) is 0 Å². The number of methoxy groups -OCH3 is 1. The Morgan fingerprint density at radius 3 is 2.67 bits per heavy atom. The smallest absolute Gasteiger partial charge is 0.312 e. The molecule has 1 rings (SSSR count). The molecule has 0 spiro atoms. The number of hydrogen-bond donors (Lipinski definition) is 1. The van der Waals surface area contributed by atoms with Crippen molar-refractivity contribution < 1.29 is 13.9 Å². The Bertz CT molecular complexity index is 430. The van der Waals surface area contributed by atoms with Crippen LogP contribution in [0.4, 0.5) is 4.39 Å². The largest absolute Gasteiger partial charge is 0.469 e. The Morgan fingerprint density at radius 1 is 1.44 bits per heavy atom. The standard InChI is InChI=1S/C14H20FNO2/c1-10-7-11(5-6-12(10)15)8-16-9-14(2,3)13(17)18-4/h5-7,16H,8-9H2,1-4H3. The first-order valence-corrected chi connectivity index (χ1v) is 5.91. The summed E-state index contributed by atoms with van der Waals surface area (Å²) in [5.74, 6) is -0.445. The van der Waals surface area contributed by atoms with Gasteiger partial charge in [0.2, 0.25) is 0 Å². The van der Waals surface area contributed by atoms with Gasteiger partial charge in [-0.25, -0.2) is 4.39 Å². The van der Waals surface area contributed by atoms with E-state index in [0.717, 1.165) is 5.56 Å². The minimum Gasteiger partial charge on any atom is -0.469 e. The minimum absolute atomic E-state index is 0.200. The third-order valence-electron chi connectivity index (χ3n) is 2.86. The number of carbonyl (C=O) groups excluding carboxylic acids is 1. The summed E-state index contributed by atoms with van der Waals surface area (Å²) in [4.78, 5) is 11.5. The van der Waals surface area contributed by atoms with Crippen LogP contribution in [0, 0.1) is 18.2 Å². The van der Waals surface area contributed by atoms with Crippen LogP contribution < -0.4 is 5.32 Å². The first kappa shape index (κ1) is 14.6. The first-order chi connectivity index (χ1) is 8.36. The Balaban J connectivity index is 2.51. The van der Waals surface area contributed by atoms with Gasteiger partial charge in [-0.15, -0.1) is 0 Å². The van der Waals surface area contributed by atoms with Crippen molar-refractivity contribution in [1.29, 1.82) is 0 Å². The fourth-order valence-corrected chi connectivity index (χ4v) is 1.68. The van der Waals surface area contributed by atoms with E-state index in [4.69, 9.17) is 4.74 Å². The van der Waals surface area contributed by atoms with Gasteiger partial charge in [0, 0.05) is 13.1 Å². The lowest BCUT2D eigenvalue weighted by Crippen LogP contribution is -2.36. The fourth-order valence-electron chi connectivity index (χ4n) is 1.68.